The molecule has 1 amide bonds. The molecule has 1 aliphatic rings. The van der Waals surface area contributed by atoms with Crippen molar-refractivity contribution in [3.05, 3.63) is 12.2 Å². The van der Waals surface area contributed by atoms with E-state index < -0.39 is 23.6 Å². The topological polar surface area (TPSA) is 63.6 Å². The first-order valence-corrected chi connectivity index (χ1v) is 5.13. The third-order valence-electron chi connectivity index (χ3n) is 3.17. The first-order chi connectivity index (χ1) is 7.27. The lowest BCUT2D eigenvalue weighted by Crippen LogP contribution is -2.68. The summed E-state index contributed by atoms with van der Waals surface area (Å²) in [6.45, 7) is 5.73. The number of hydrogen-bond acceptors (Lipinski definition) is 3. The lowest BCUT2D eigenvalue weighted by atomic mass is 10.00. The zero-order chi connectivity index (χ0) is 12.6. The Balaban J connectivity index is 3.23. The first kappa shape index (κ1) is 12.7. The summed E-state index contributed by atoms with van der Waals surface area (Å²) in [6.07, 6.45) is 2.33. The number of hydrogen-bond donors (Lipinski definition) is 1. The van der Waals surface area contributed by atoms with Gasteiger partial charge < -0.3 is 9.84 Å². The molecule has 5 heteroatoms. The molecule has 90 valence electrons. The van der Waals surface area contributed by atoms with Crippen LogP contribution in [-0.4, -0.2) is 46.9 Å². The number of nitrogens with zero attached hydrogens (tertiary/aromatic N) is 1. The molecule has 0 bridgehead atoms. The van der Waals surface area contributed by atoms with Gasteiger partial charge in [0.15, 0.2) is 0 Å². The van der Waals surface area contributed by atoms with Crippen molar-refractivity contribution in [1.29, 1.82) is 0 Å². The van der Waals surface area contributed by atoms with Crippen LogP contribution < -0.4 is 0 Å². The minimum atomic E-state index is -1.01. The highest BCUT2D eigenvalue weighted by molar-refractivity contribution is 5.79. The van der Waals surface area contributed by atoms with Crippen molar-refractivity contribution < 1.29 is 23.9 Å². The van der Waals surface area contributed by atoms with Gasteiger partial charge in [-0.3, -0.25) is 0 Å². The average molecular weight is 228 g/mol. The fraction of sp³-hybridized carbons (Fsp3) is 0.636. The second-order valence-corrected chi connectivity index (χ2v) is 4.90. The van der Waals surface area contributed by atoms with Gasteiger partial charge in [-0.25, -0.2) is 4.79 Å². The predicted octanol–water partition coefficient (Wildman–Crippen LogP) is 1.39. The van der Waals surface area contributed by atoms with Crippen molar-refractivity contribution >= 4 is 12.1 Å². The lowest BCUT2D eigenvalue weighted by molar-refractivity contribution is -0.902. The molecule has 1 rings (SSSR count). The van der Waals surface area contributed by atoms with E-state index in [-0.39, 0.29) is 4.48 Å². The van der Waals surface area contributed by atoms with E-state index in [4.69, 9.17) is 0 Å². The van der Waals surface area contributed by atoms with E-state index in [0.29, 0.717) is 6.54 Å². The summed E-state index contributed by atoms with van der Waals surface area (Å²) in [5.41, 5.74) is -0.575. The van der Waals surface area contributed by atoms with E-state index in [1.165, 1.54) is 7.11 Å². The second-order valence-electron chi connectivity index (χ2n) is 4.90. The van der Waals surface area contributed by atoms with Crippen molar-refractivity contribution in [2.24, 2.45) is 0 Å². The van der Waals surface area contributed by atoms with E-state index in [1.54, 1.807) is 12.2 Å². The molecule has 16 heavy (non-hydrogen) atoms. The number of carboxylic acid groups (broad SMARTS) is 1. The molecule has 2 atom stereocenters. The minimum absolute atomic E-state index is 0.304. The molecule has 0 fully saturated rings. The summed E-state index contributed by atoms with van der Waals surface area (Å²) < 4.78 is 4.33. The van der Waals surface area contributed by atoms with Crippen LogP contribution >= 0.6 is 0 Å². The van der Waals surface area contributed by atoms with Crippen molar-refractivity contribution in [1.82, 2.24) is 0 Å². The lowest BCUT2D eigenvalue weighted by Gasteiger charge is -2.43. The van der Waals surface area contributed by atoms with Gasteiger partial charge in [-0.15, -0.1) is 0 Å². The van der Waals surface area contributed by atoms with Gasteiger partial charge in [0.25, 0.3) is 0 Å². The first-order valence-electron chi connectivity index (χ1n) is 5.13. The Labute approximate surface area is 94.9 Å². The van der Waals surface area contributed by atoms with E-state index in [1.807, 2.05) is 20.8 Å². The maximum absolute atomic E-state index is 11.6. The second kappa shape index (κ2) is 3.90. The van der Waals surface area contributed by atoms with Crippen molar-refractivity contribution in [3.8, 4) is 0 Å². The largest absolute Gasteiger partial charge is 0.515 e. The Kier molecular flexibility index (Phi) is 3.10. The van der Waals surface area contributed by atoms with Crippen LogP contribution in [-0.2, 0) is 9.53 Å². The summed E-state index contributed by atoms with van der Waals surface area (Å²) in [5, 5.41) is 9.44. The Hall–Kier alpha value is -1.36. The number of rotatable bonds is 1. The molecule has 0 saturated heterocycles. The van der Waals surface area contributed by atoms with Crippen molar-refractivity contribution in [2.45, 2.75) is 32.4 Å². The summed E-state index contributed by atoms with van der Waals surface area (Å²) in [7, 11) is 1.27. The number of ether oxygens (including phenoxy) is 1. The van der Waals surface area contributed by atoms with E-state index in [2.05, 4.69) is 4.74 Å². The van der Waals surface area contributed by atoms with Crippen LogP contribution in [0.1, 0.15) is 20.8 Å². The predicted molar refractivity (Wildman–Crippen MR) is 57.8 cm³/mol. The number of esters is 1. The number of amides is 1. The number of methoxy groups -OCH3 is 1. The van der Waals surface area contributed by atoms with E-state index in [0.717, 1.165) is 0 Å². The smallest absolute Gasteiger partial charge is 0.464 e. The van der Waals surface area contributed by atoms with Gasteiger partial charge in [0.05, 0.1) is 7.11 Å². The molecule has 1 unspecified atom stereocenters. The van der Waals surface area contributed by atoms with Gasteiger partial charge in [0, 0.05) is 0 Å². The molecule has 0 radical (unpaired) electrons. The Morgan fingerprint density at radius 3 is 2.38 bits per heavy atom. The molecule has 1 heterocycles. The molecular formula is C11H18NO4+. The minimum Gasteiger partial charge on any atom is -0.464 e. The van der Waals surface area contributed by atoms with Crippen LogP contribution in [0.2, 0.25) is 0 Å². The maximum atomic E-state index is 11.6. The highest BCUT2D eigenvalue weighted by Crippen LogP contribution is 2.34. The van der Waals surface area contributed by atoms with Crippen molar-refractivity contribution in [2.75, 3.05) is 13.7 Å². The standard InChI is InChI=1S/C11H17NO4/c1-11(2,3)12(10(14)15)7-5-6-8(12)9(13)16-4/h5-6,8H,7H2,1-4H3/p+1/t8-,12?/m1/s1. The molecule has 0 saturated carbocycles. The highest BCUT2D eigenvalue weighted by Gasteiger charge is 2.57. The van der Waals surface area contributed by atoms with Crippen LogP contribution in [0.3, 0.4) is 0 Å². The fourth-order valence-corrected chi connectivity index (χ4v) is 2.17. The molecular weight excluding hydrogens is 210 g/mol. The van der Waals surface area contributed by atoms with Crippen LogP contribution in [0.4, 0.5) is 4.79 Å². The monoisotopic (exact) mass is 228 g/mol. The summed E-state index contributed by atoms with van der Waals surface area (Å²) >= 11 is 0. The van der Waals surface area contributed by atoms with Gasteiger partial charge in [-0.1, -0.05) is 0 Å². The SMILES string of the molecule is COC(=O)[C@H]1C=CC[N+]1(C(=O)O)C(C)(C)C. The quantitative estimate of drug-likeness (QED) is 0.418. The number of quaternary nitrogens is 1. The number of carbonyl (C=O) groups excluding carboxylic acids is 1. The zero-order valence-electron chi connectivity index (χ0n) is 10.1. The summed E-state index contributed by atoms with van der Waals surface area (Å²) in [6, 6.07) is -0.762. The van der Waals surface area contributed by atoms with Gasteiger partial charge in [0.2, 0.25) is 6.04 Å². The highest BCUT2D eigenvalue weighted by atomic mass is 16.5. The number of carbonyl (C=O) groups is 2. The maximum Gasteiger partial charge on any atom is 0.515 e. The molecule has 0 aromatic rings. The zero-order valence-corrected chi connectivity index (χ0v) is 10.1. The molecule has 5 nitrogen and oxygen atoms in total. The Morgan fingerprint density at radius 1 is 1.44 bits per heavy atom. The fourth-order valence-electron chi connectivity index (χ4n) is 2.17. The van der Waals surface area contributed by atoms with Crippen LogP contribution in [0.5, 0.6) is 0 Å². The van der Waals surface area contributed by atoms with Crippen LogP contribution in [0.25, 0.3) is 0 Å². The van der Waals surface area contributed by atoms with Crippen LogP contribution in [0, 0.1) is 0 Å². The molecule has 0 aromatic heterocycles. The van der Waals surface area contributed by atoms with Gasteiger partial charge >= 0.3 is 12.1 Å². The molecule has 1 aliphatic heterocycles. The van der Waals surface area contributed by atoms with E-state index >= 15 is 0 Å². The Bertz CT molecular complexity index is 342. The Morgan fingerprint density at radius 2 is 2.00 bits per heavy atom. The molecule has 0 aliphatic carbocycles. The third kappa shape index (κ3) is 1.61. The van der Waals surface area contributed by atoms with Gasteiger partial charge in [-0.05, 0) is 32.9 Å². The molecule has 0 spiro atoms. The third-order valence-corrected chi connectivity index (χ3v) is 3.17. The molecule has 0 aromatic carbocycles. The summed E-state index contributed by atoms with van der Waals surface area (Å²) in [5.74, 6) is -0.508. The van der Waals surface area contributed by atoms with Crippen molar-refractivity contribution in [3.63, 3.8) is 0 Å². The van der Waals surface area contributed by atoms with Gasteiger partial charge in [-0.2, -0.15) is 9.28 Å². The average Bonchev–Trinajstić information content (AvgIpc) is 2.60. The van der Waals surface area contributed by atoms with Gasteiger partial charge in [0.1, 0.15) is 12.1 Å². The van der Waals surface area contributed by atoms with Crippen LogP contribution in [0.15, 0.2) is 12.2 Å². The van der Waals surface area contributed by atoms with E-state index in [9.17, 15) is 14.7 Å². The summed E-state index contributed by atoms with van der Waals surface area (Å²) in [4.78, 5) is 23.2. The normalized spacial score (nSPS) is 29.1. The molecule has 1 N–H and O–H groups in total.